The number of aromatic amines is 1. The molecule has 1 unspecified atom stereocenters. The number of para-hydroxylation sites is 2. The second-order valence-electron chi connectivity index (χ2n) is 7.18. The Bertz CT molecular complexity index is 1200. The van der Waals surface area contributed by atoms with Gasteiger partial charge in [-0.1, -0.05) is 30.3 Å². The van der Waals surface area contributed by atoms with Crippen molar-refractivity contribution in [2.75, 3.05) is 20.8 Å². The molecular formula is C24H24N4O3. The van der Waals surface area contributed by atoms with E-state index in [9.17, 15) is 4.79 Å². The Hall–Kier alpha value is -3.87. The average molecular weight is 416 g/mol. The fraction of sp³-hybridized carbons (Fsp3) is 0.208. The van der Waals surface area contributed by atoms with Crippen LogP contribution < -0.4 is 14.8 Å². The number of benzene rings is 2. The highest BCUT2D eigenvalue weighted by Crippen LogP contribution is 2.40. The first-order valence-electron chi connectivity index (χ1n) is 9.96. The summed E-state index contributed by atoms with van der Waals surface area (Å²) in [7, 11) is 3.23. The summed E-state index contributed by atoms with van der Waals surface area (Å²) in [5, 5.41) is 4.09. The van der Waals surface area contributed by atoms with Gasteiger partial charge >= 0.3 is 0 Å². The van der Waals surface area contributed by atoms with Crippen molar-refractivity contribution >= 4 is 16.8 Å². The van der Waals surface area contributed by atoms with Gasteiger partial charge in [0.05, 0.1) is 26.1 Å². The summed E-state index contributed by atoms with van der Waals surface area (Å²) in [4.78, 5) is 24.4. The summed E-state index contributed by atoms with van der Waals surface area (Å²) >= 11 is 0. The first-order valence-corrected chi connectivity index (χ1v) is 9.96. The van der Waals surface area contributed by atoms with Crippen molar-refractivity contribution in [2.45, 2.75) is 12.8 Å². The maximum absolute atomic E-state index is 12.7. The van der Waals surface area contributed by atoms with Crippen molar-refractivity contribution in [3.05, 3.63) is 83.6 Å². The number of carbonyl (C=O) groups excluding carboxylic acids is 1. The number of carbonyl (C=O) groups is 1. The van der Waals surface area contributed by atoms with Crippen LogP contribution in [-0.2, 0) is 0 Å². The zero-order valence-corrected chi connectivity index (χ0v) is 17.7. The first-order chi connectivity index (χ1) is 15.1. The molecule has 0 aliphatic carbocycles. The summed E-state index contributed by atoms with van der Waals surface area (Å²) in [6, 6.07) is 13.8. The van der Waals surface area contributed by atoms with E-state index in [0.29, 0.717) is 18.0 Å². The first kappa shape index (κ1) is 20.4. The van der Waals surface area contributed by atoms with Crippen LogP contribution in [0, 0.1) is 6.92 Å². The van der Waals surface area contributed by atoms with Crippen LogP contribution in [0.4, 0.5) is 0 Å². The smallest absolute Gasteiger partial charge is 0.271 e. The third-order valence-corrected chi connectivity index (χ3v) is 5.29. The maximum Gasteiger partial charge on any atom is 0.271 e. The number of hydrogen-bond acceptors (Lipinski definition) is 5. The lowest BCUT2D eigenvalue weighted by molar-refractivity contribution is 0.0947. The summed E-state index contributed by atoms with van der Waals surface area (Å²) in [5.41, 5.74) is 4.04. The van der Waals surface area contributed by atoms with E-state index in [0.717, 1.165) is 27.7 Å². The Morgan fingerprint density at radius 2 is 1.87 bits per heavy atom. The lowest BCUT2D eigenvalue weighted by atomic mass is 9.89. The quantitative estimate of drug-likeness (QED) is 0.478. The van der Waals surface area contributed by atoms with E-state index in [1.807, 2.05) is 49.5 Å². The van der Waals surface area contributed by atoms with Crippen LogP contribution in [0.15, 0.2) is 61.1 Å². The summed E-state index contributed by atoms with van der Waals surface area (Å²) < 4.78 is 11.2. The number of nitrogens with zero attached hydrogens (tertiary/aromatic N) is 2. The summed E-state index contributed by atoms with van der Waals surface area (Å²) in [6.45, 7) is 2.18. The predicted molar refractivity (Wildman–Crippen MR) is 119 cm³/mol. The van der Waals surface area contributed by atoms with Crippen molar-refractivity contribution in [2.24, 2.45) is 0 Å². The number of rotatable bonds is 7. The molecule has 7 nitrogen and oxygen atoms in total. The molecule has 4 rings (SSSR count). The van der Waals surface area contributed by atoms with Crippen LogP contribution in [0.2, 0.25) is 0 Å². The van der Waals surface area contributed by atoms with Crippen LogP contribution in [0.3, 0.4) is 0 Å². The zero-order valence-electron chi connectivity index (χ0n) is 17.7. The van der Waals surface area contributed by atoms with Crippen molar-refractivity contribution < 1.29 is 14.3 Å². The van der Waals surface area contributed by atoms with Crippen molar-refractivity contribution in [3.63, 3.8) is 0 Å². The van der Waals surface area contributed by atoms with Crippen LogP contribution in [0.25, 0.3) is 10.9 Å². The summed E-state index contributed by atoms with van der Waals surface area (Å²) in [5.74, 6) is 0.827. The molecule has 0 aliphatic heterocycles. The molecule has 4 aromatic rings. The summed E-state index contributed by atoms with van der Waals surface area (Å²) in [6.07, 6.45) is 5.04. The highest BCUT2D eigenvalue weighted by Gasteiger charge is 2.24. The van der Waals surface area contributed by atoms with Gasteiger partial charge in [0, 0.05) is 41.3 Å². The molecule has 2 aromatic carbocycles. The minimum Gasteiger partial charge on any atom is -0.493 e. The van der Waals surface area contributed by atoms with Crippen LogP contribution in [0.5, 0.6) is 11.5 Å². The molecule has 2 heterocycles. The van der Waals surface area contributed by atoms with E-state index in [1.165, 1.54) is 6.20 Å². The SMILES string of the molecule is COc1cccc(C(CNC(=O)c2cnc(C)cn2)c2c[nH]c3ccccc23)c1OC. The van der Waals surface area contributed by atoms with Gasteiger partial charge in [0.1, 0.15) is 5.69 Å². The van der Waals surface area contributed by atoms with E-state index in [1.54, 1.807) is 20.4 Å². The number of H-pyrrole nitrogens is 1. The van der Waals surface area contributed by atoms with Gasteiger partial charge in [-0.05, 0) is 24.6 Å². The number of methoxy groups -OCH3 is 2. The molecule has 0 bridgehead atoms. The maximum atomic E-state index is 12.7. The van der Waals surface area contributed by atoms with Gasteiger partial charge in [-0.3, -0.25) is 9.78 Å². The molecule has 0 saturated heterocycles. The molecule has 2 aromatic heterocycles. The topological polar surface area (TPSA) is 89.1 Å². The van der Waals surface area contributed by atoms with Crippen LogP contribution >= 0.6 is 0 Å². The lowest BCUT2D eigenvalue weighted by Gasteiger charge is -2.22. The lowest BCUT2D eigenvalue weighted by Crippen LogP contribution is -2.29. The van der Waals surface area contributed by atoms with Gasteiger partial charge in [-0.25, -0.2) is 4.98 Å². The Morgan fingerprint density at radius 3 is 2.61 bits per heavy atom. The molecule has 0 radical (unpaired) electrons. The van der Waals surface area contributed by atoms with Gasteiger partial charge < -0.3 is 19.8 Å². The van der Waals surface area contributed by atoms with Crippen LogP contribution in [-0.4, -0.2) is 41.6 Å². The number of nitrogens with one attached hydrogen (secondary N) is 2. The number of aromatic nitrogens is 3. The normalized spacial score (nSPS) is 11.8. The van der Waals surface area contributed by atoms with Gasteiger partial charge in [-0.15, -0.1) is 0 Å². The third kappa shape index (κ3) is 4.07. The zero-order chi connectivity index (χ0) is 21.8. The molecule has 0 spiro atoms. The van der Waals surface area contributed by atoms with E-state index >= 15 is 0 Å². The minimum absolute atomic E-state index is 0.177. The monoisotopic (exact) mass is 416 g/mol. The number of hydrogen-bond donors (Lipinski definition) is 2. The molecule has 0 fully saturated rings. The predicted octanol–water partition coefficient (Wildman–Crippen LogP) is 3.85. The van der Waals surface area contributed by atoms with Crippen molar-refractivity contribution in [3.8, 4) is 11.5 Å². The minimum atomic E-state index is -0.279. The second-order valence-corrected chi connectivity index (χ2v) is 7.18. The highest BCUT2D eigenvalue weighted by molar-refractivity contribution is 5.92. The molecule has 0 saturated carbocycles. The molecule has 7 heteroatoms. The molecule has 31 heavy (non-hydrogen) atoms. The van der Waals surface area contributed by atoms with Gasteiger partial charge in [0.25, 0.3) is 5.91 Å². The molecule has 1 atom stereocenters. The standard InChI is InChI=1S/C24H24N4O3/c1-15-11-26-21(14-25-15)24(29)28-13-19(17-8-6-10-22(30-2)23(17)31-3)18-12-27-20-9-5-4-7-16(18)20/h4-12,14,19,27H,13H2,1-3H3,(H,28,29). The molecule has 1 amide bonds. The van der Waals surface area contributed by atoms with Gasteiger partial charge in [0.15, 0.2) is 11.5 Å². The Balaban J connectivity index is 1.73. The largest absolute Gasteiger partial charge is 0.493 e. The molecule has 2 N–H and O–H groups in total. The number of aryl methyl sites for hydroxylation is 1. The Labute approximate surface area is 180 Å². The highest BCUT2D eigenvalue weighted by atomic mass is 16.5. The van der Waals surface area contributed by atoms with E-state index in [4.69, 9.17) is 9.47 Å². The number of ether oxygens (including phenoxy) is 2. The fourth-order valence-corrected chi connectivity index (χ4v) is 3.75. The van der Waals surface area contributed by atoms with E-state index in [2.05, 4.69) is 26.3 Å². The van der Waals surface area contributed by atoms with Gasteiger partial charge in [-0.2, -0.15) is 0 Å². The Morgan fingerprint density at radius 1 is 1.03 bits per heavy atom. The third-order valence-electron chi connectivity index (χ3n) is 5.29. The average Bonchev–Trinajstić information content (AvgIpc) is 3.23. The number of fused-ring (bicyclic) bond motifs is 1. The fourth-order valence-electron chi connectivity index (χ4n) is 3.75. The van der Waals surface area contributed by atoms with Crippen molar-refractivity contribution in [1.82, 2.24) is 20.3 Å². The van der Waals surface area contributed by atoms with E-state index < -0.39 is 0 Å². The second kappa shape index (κ2) is 8.87. The molecule has 158 valence electrons. The molecule has 0 aliphatic rings. The van der Waals surface area contributed by atoms with E-state index in [-0.39, 0.29) is 17.5 Å². The Kier molecular flexibility index (Phi) is 5.84. The van der Waals surface area contributed by atoms with Crippen molar-refractivity contribution in [1.29, 1.82) is 0 Å². The molecular weight excluding hydrogens is 392 g/mol. The van der Waals surface area contributed by atoms with Gasteiger partial charge in [0.2, 0.25) is 0 Å². The van der Waals surface area contributed by atoms with Crippen LogP contribution in [0.1, 0.15) is 33.2 Å². The number of amides is 1.